The average molecular weight is 299 g/mol. The van der Waals surface area contributed by atoms with Crippen molar-refractivity contribution in [2.24, 2.45) is 0 Å². The zero-order valence-corrected chi connectivity index (χ0v) is 12.9. The normalized spacial score (nSPS) is 18.5. The molecule has 0 aliphatic carbocycles. The van der Waals surface area contributed by atoms with E-state index in [4.69, 9.17) is 4.74 Å². The Hall–Kier alpha value is -0.610. The predicted molar refractivity (Wildman–Crippen MR) is 77.1 cm³/mol. The van der Waals surface area contributed by atoms with Crippen LogP contribution in [0, 0.1) is 0 Å². The molecule has 114 valence electrons. The summed E-state index contributed by atoms with van der Waals surface area (Å²) in [5, 5.41) is 10.0. The lowest BCUT2D eigenvalue weighted by atomic mass is 10.1. The van der Waals surface area contributed by atoms with Crippen molar-refractivity contribution in [3.8, 4) is 0 Å². The first-order chi connectivity index (χ1) is 9.29. The van der Waals surface area contributed by atoms with Crippen LogP contribution < -0.4 is 12.4 Å². The number of ether oxygens (including phenoxy) is 1. The molecule has 1 N–H and O–H groups in total. The Morgan fingerprint density at radius 2 is 1.85 bits per heavy atom. The topological polar surface area (TPSA) is 32.7 Å². The van der Waals surface area contributed by atoms with Gasteiger partial charge in [-0.25, -0.2) is 0 Å². The second kappa shape index (κ2) is 9.35. The van der Waals surface area contributed by atoms with Gasteiger partial charge < -0.3 is 27.2 Å². The molecule has 0 bridgehead atoms. The zero-order chi connectivity index (χ0) is 13.5. The maximum atomic E-state index is 10.0. The van der Waals surface area contributed by atoms with Gasteiger partial charge in [0.1, 0.15) is 0 Å². The number of nitrogens with zero attached hydrogens (tertiary/aromatic N) is 1. The summed E-state index contributed by atoms with van der Waals surface area (Å²) in [5.41, 5.74) is 1.19. The van der Waals surface area contributed by atoms with E-state index in [-0.39, 0.29) is 24.6 Å². The molecule has 0 saturated carbocycles. The number of β-amino-alcohol motifs (C(OH)–C–C–N with tert-alkyl or cyclic N) is 1. The van der Waals surface area contributed by atoms with Crippen LogP contribution >= 0.6 is 0 Å². The molecule has 1 fully saturated rings. The van der Waals surface area contributed by atoms with Gasteiger partial charge in [-0.3, -0.25) is 0 Å². The van der Waals surface area contributed by atoms with Gasteiger partial charge in [0.25, 0.3) is 0 Å². The highest BCUT2D eigenvalue weighted by Crippen LogP contribution is 2.20. The van der Waals surface area contributed by atoms with E-state index in [1.165, 1.54) is 18.4 Å². The van der Waals surface area contributed by atoms with Crippen molar-refractivity contribution >= 4 is 0 Å². The van der Waals surface area contributed by atoms with Crippen LogP contribution in [0.2, 0.25) is 0 Å². The highest BCUT2D eigenvalue weighted by Gasteiger charge is 2.17. The summed E-state index contributed by atoms with van der Waals surface area (Å²) in [6, 6.07) is 10.2. The summed E-state index contributed by atoms with van der Waals surface area (Å²) in [5.74, 6) is 0. The number of likely N-dealkylation sites (tertiary alicyclic amines) is 1. The molecule has 4 heteroatoms. The maximum Gasteiger partial charge on any atom is 0.0900 e. The van der Waals surface area contributed by atoms with Crippen LogP contribution in [0.5, 0.6) is 0 Å². The van der Waals surface area contributed by atoms with Gasteiger partial charge in [0, 0.05) is 6.54 Å². The zero-order valence-electron chi connectivity index (χ0n) is 12.2. The minimum Gasteiger partial charge on any atom is -1.00 e. The molecule has 3 nitrogen and oxygen atoms in total. The summed E-state index contributed by atoms with van der Waals surface area (Å²) in [4.78, 5) is 2.32. The monoisotopic (exact) mass is 298 g/mol. The predicted octanol–water partition coefficient (Wildman–Crippen LogP) is -0.385. The lowest BCUT2D eigenvalue weighted by Crippen LogP contribution is -3.00. The van der Waals surface area contributed by atoms with Gasteiger partial charge in [-0.05, 0) is 37.9 Å². The molecule has 1 aromatic rings. The van der Waals surface area contributed by atoms with E-state index >= 15 is 0 Å². The van der Waals surface area contributed by atoms with Crippen molar-refractivity contribution in [1.29, 1.82) is 0 Å². The number of hydrogen-bond donors (Lipinski definition) is 1. The highest BCUT2D eigenvalue weighted by atomic mass is 35.5. The molecule has 1 aliphatic heterocycles. The first-order valence-electron chi connectivity index (χ1n) is 7.36. The van der Waals surface area contributed by atoms with Crippen LogP contribution in [0.4, 0.5) is 0 Å². The number of aliphatic hydroxyl groups excluding tert-OH is 1. The standard InChI is InChI=1S/C16H25NO2.ClH/c1-2-16(14-8-4-3-5-9-14)19-13-15(18)12-17-10-6-7-11-17;/h3-5,8-9,15-16,18H,2,6-7,10-13H2,1H3;1H/p-1. The Bertz CT molecular complexity index is 355. The summed E-state index contributed by atoms with van der Waals surface area (Å²) in [6.07, 6.45) is 3.16. The molecule has 0 amide bonds. The first kappa shape index (κ1) is 17.4. The first-order valence-corrected chi connectivity index (χ1v) is 7.36. The molecule has 0 aromatic heterocycles. The summed E-state index contributed by atoms with van der Waals surface area (Å²) in [7, 11) is 0. The largest absolute Gasteiger partial charge is 1.00 e. The molecular formula is C16H25ClNO2-. The molecule has 2 rings (SSSR count). The van der Waals surface area contributed by atoms with Crippen molar-refractivity contribution in [3.05, 3.63) is 35.9 Å². The van der Waals surface area contributed by atoms with Crippen LogP contribution in [0.3, 0.4) is 0 Å². The third-order valence-electron chi connectivity index (χ3n) is 3.70. The third-order valence-corrected chi connectivity index (χ3v) is 3.70. The van der Waals surface area contributed by atoms with Crippen molar-refractivity contribution in [3.63, 3.8) is 0 Å². The van der Waals surface area contributed by atoms with E-state index in [1.807, 2.05) is 18.2 Å². The average Bonchev–Trinajstić information content (AvgIpc) is 2.93. The smallest absolute Gasteiger partial charge is 0.0900 e. The van der Waals surface area contributed by atoms with E-state index in [0.29, 0.717) is 6.61 Å². The summed E-state index contributed by atoms with van der Waals surface area (Å²) < 4.78 is 5.87. The fraction of sp³-hybridized carbons (Fsp3) is 0.625. The molecule has 0 spiro atoms. The molecule has 1 saturated heterocycles. The highest BCUT2D eigenvalue weighted by molar-refractivity contribution is 5.17. The number of halogens is 1. The van der Waals surface area contributed by atoms with Gasteiger partial charge >= 0.3 is 0 Å². The lowest BCUT2D eigenvalue weighted by Gasteiger charge is -2.22. The Morgan fingerprint density at radius 3 is 2.45 bits per heavy atom. The lowest BCUT2D eigenvalue weighted by molar-refractivity contribution is -0.0215. The summed E-state index contributed by atoms with van der Waals surface area (Å²) in [6.45, 7) is 5.51. The van der Waals surface area contributed by atoms with E-state index in [1.54, 1.807) is 0 Å². The maximum absolute atomic E-state index is 10.0. The fourth-order valence-corrected chi connectivity index (χ4v) is 2.66. The van der Waals surface area contributed by atoms with Crippen LogP contribution in [-0.4, -0.2) is 42.4 Å². The molecule has 0 radical (unpaired) electrons. The van der Waals surface area contributed by atoms with Gasteiger partial charge in [-0.1, -0.05) is 37.3 Å². The second-order valence-electron chi connectivity index (χ2n) is 5.30. The van der Waals surface area contributed by atoms with Crippen LogP contribution in [-0.2, 0) is 4.74 Å². The fourth-order valence-electron chi connectivity index (χ4n) is 2.66. The van der Waals surface area contributed by atoms with E-state index in [9.17, 15) is 5.11 Å². The Morgan fingerprint density at radius 1 is 1.20 bits per heavy atom. The third kappa shape index (κ3) is 5.41. The molecular weight excluding hydrogens is 274 g/mol. The van der Waals surface area contributed by atoms with Crippen LogP contribution in [0.1, 0.15) is 37.9 Å². The Labute approximate surface area is 128 Å². The summed E-state index contributed by atoms with van der Waals surface area (Å²) >= 11 is 0. The van der Waals surface area contributed by atoms with Gasteiger partial charge in [0.05, 0.1) is 18.8 Å². The van der Waals surface area contributed by atoms with E-state index < -0.39 is 0 Å². The van der Waals surface area contributed by atoms with E-state index in [2.05, 4.69) is 24.0 Å². The molecule has 1 aliphatic rings. The van der Waals surface area contributed by atoms with Gasteiger partial charge in [-0.15, -0.1) is 0 Å². The number of aliphatic hydroxyl groups is 1. The molecule has 2 atom stereocenters. The number of hydrogen-bond acceptors (Lipinski definition) is 3. The van der Waals surface area contributed by atoms with Gasteiger partial charge in [0.2, 0.25) is 0 Å². The molecule has 1 heterocycles. The molecule has 1 aromatic carbocycles. The minimum absolute atomic E-state index is 0. The molecule has 2 unspecified atom stereocenters. The second-order valence-corrected chi connectivity index (χ2v) is 5.30. The van der Waals surface area contributed by atoms with Crippen molar-refractivity contribution < 1.29 is 22.3 Å². The Balaban J connectivity index is 0.00000200. The van der Waals surface area contributed by atoms with Crippen molar-refractivity contribution in [1.82, 2.24) is 4.90 Å². The van der Waals surface area contributed by atoms with Crippen LogP contribution in [0.25, 0.3) is 0 Å². The quantitative estimate of drug-likeness (QED) is 0.745. The van der Waals surface area contributed by atoms with Crippen molar-refractivity contribution in [2.75, 3.05) is 26.2 Å². The van der Waals surface area contributed by atoms with Gasteiger partial charge in [0.15, 0.2) is 0 Å². The van der Waals surface area contributed by atoms with Crippen molar-refractivity contribution in [2.45, 2.75) is 38.4 Å². The molecule has 20 heavy (non-hydrogen) atoms. The van der Waals surface area contributed by atoms with Crippen LogP contribution in [0.15, 0.2) is 30.3 Å². The number of benzene rings is 1. The van der Waals surface area contributed by atoms with E-state index in [0.717, 1.165) is 26.1 Å². The number of rotatable bonds is 7. The minimum atomic E-state index is -0.379. The van der Waals surface area contributed by atoms with Gasteiger partial charge in [-0.2, -0.15) is 0 Å². The Kier molecular flexibility index (Phi) is 8.15. The SMILES string of the molecule is CCC(OCC(O)CN1CCCC1)c1ccccc1.[Cl-].